The summed E-state index contributed by atoms with van der Waals surface area (Å²) in [6.07, 6.45) is 0. The van der Waals surface area contributed by atoms with Crippen LogP contribution in [0.15, 0.2) is 40.2 Å². The lowest BCUT2D eigenvalue weighted by Gasteiger charge is -2.14. The van der Waals surface area contributed by atoms with Crippen LogP contribution < -0.4 is 4.72 Å². The van der Waals surface area contributed by atoms with Gasteiger partial charge in [0.25, 0.3) is 10.0 Å². The Kier molecular flexibility index (Phi) is 5.81. The van der Waals surface area contributed by atoms with E-state index in [1.165, 1.54) is 13.0 Å². The molecule has 1 aliphatic rings. The normalized spacial score (nSPS) is 16.6. The van der Waals surface area contributed by atoms with Crippen molar-refractivity contribution in [1.82, 2.24) is 4.72 Å². The Bertz CT molecular complexity index is 1180. The number of carbonyl (C=O) groups is 2. The molecule has 0 aromatic heterocycles. The average molecular weight is 429 g/mol. The second kappa shape index (κ2) is 8.02. The molecular weight excluding hydrogens is 404 g/mol. The third kappa shape index (κ3) is 4.00. The maximum atomic E-state index is 12.6. The number of sulfonamides is 1. The van der Waals surface area contributed by atoms with Gasteiger partial charge < -0.3 is 4.74 Å². The van der Waals surface area contributed by atoms with Crippen molar-refractivity contribution < 1.29 is 22.7 Å². The first-order valence-electron chi connectivity index (χ1n) is 9.50. The van der Waals surface area contributed by atoms with Crippen LogP contribution in [-0.4, -0.2) is 38.7 Å². The predicted octanol–water partition coefficient (Wildman–Crippen LogP) is 2.77. The fourth-order valence-electron chi connectivity index (χ4n) is 3.31. The van der Waals surface area contributed by atoms with Gasteiger partial charge in [-0.15, -0.1) is 0 Å². The van der Waals surface area contributed by atoms with Gasteiger partial charge in [-0.05, 0) is 75.1 Å². The zero-order chi connectivity index (χ0) is 22.2. The number of Topliss-reactive ketones (excluding diaryl/α,β-unsaturated/α-hetero) is 1. The molecular formula is C22H24N2O5S. The van der Waals surface area contributed by atoms with Gasteiger partial charge in [-0.3, -0.25) is 14.5 Å². The Morgan fingerprint density at radius 3 is 2.43 bits per heavy atom. The number of ketones is 1. The zero-order valence-corrected chi connectivity index (χ0v) is 18.4. The number of amidine groups is 1. The van der Waals surface area contributed by atoms with Crippen LogP contribution in [0.2, 0.25) is 0 Å². The molecule has 2 aromatic rings. The van der Waals surface area contributed by atoms with Gasteiger partial charge in [-0.1, -0.05) is 12.1 Å². The molecule has 8 heteroatoms. The molecule has 3 rings (SSSR count). The molecule has 0 saturated heterocycles. The van der Waals surface area contributed by atoms with Crippen LogP contribution in [0, 0.1) is 27.7 Å². The largest absolute Gasteiger partial charge is 0.456 e. The lowest BCUT2D eigenvalue weighted by molar-refractivity contribution is -0.143. The summed E-state index contributed by atoms with van der Waals surface area (Å²) in [6.45, 7) is 8.85. The number of ether oxygens (including phenoxy) is 1. The molecule has 0 bridgehead atoms. The standard InChI is InChI=1S/C22H24N2O5S/c1-12-10-18(15(4)14(3)13(12)2)19(25)11-29-22(26)16(5)23-21-17-8-6-7-9-20(17)30(27,28)24-21/h6-10,16H,11H2,1-5H3,(H,23,24)/t16-/m0/s1. The van der Waals surface area contributed by atoms with E-state index in [4.69, 9.17) is 4.74 Å². The smallest absolute Gasteiger partial charge is 0.331 e. The van der Waals surface area contributed by atoms with E-state index in [1.54, 1.807) is 18.2 Å². The number of hydrogen-bond donors (Lipinski definition) is 1. The number of esters is 1. The molecule has 1 aliphatic heterocycles. The van der Waals surface area contributed by atoms with Crippen molar-refractivity contribution in [1.29, 1.82) is 0 Å². The summed E-state index contributed by atoms with van der Waals surface area (Å²) < 4.78 is 31.8. The van der Waals surface area contributed by atoms with Gasteiger partial charge in [-0.2, -0.15) is 0 Å². The second-order valence-electron chi connectivity index (χ2n) is 7.40. The number of carbonyl (C=O) groups excluding carboxylic acids is 2. The van der Waals surface area contributed by atoms with Crippen LogP contribution in [0.1, 0.15) is 45.1 Å². The Morgan fingerprint density at radius 1 is 1.07 bits per heavy atom. The minimum atomic E-state index is -3.69. The molecule has 1 N–H and O–H groups in total. The van der Waals surface area contributed by atoms with Crippen molar-refractivity contribution in [3.63, 3.8) is 0 Å². The van der Waals surface area contributed by atoms with E-state index < -0.39 is 28.6 Å². The molecule has 2 aromatic carbocycles. The molecule has 1 heterocycles. The fourth-order valence-corrected chi connectivity index (χ4v) is 4.55. The van der Waals surface area contributed by atoms with Crippen molar-refractivity contribution in [2.45, 2.75) is 45.6 Å². The summed E-state index contributed by atoms with van der Waals surface area (Å²) in [6, 6.07) is 7.20. The van der Waals surface area contributed by atoms with Crippen molar-refractivity contribution in [2.75, 3.05) is 6.61 Å². The van der Waals surface area contributed by atoms with E-state index in [2.05, 4.69) is 9.71 Å². The van der Waals surface area contributed by atoms with Gasteiger partial charge in [0.05, 0.1) is 4.90 Å². The van der Waals surface area contributed by atoms with E-state index in [-0.39, 0.29) is 16.5 Å². The first kappa shape index (κ1) is 21.7. The SMILES string of the molecule is Cc1cc(C(=O)COC(=O)[C@H](C)N=C2NS(=O)(=O)c3ccccc32)c(C)c(C)c1C. The van der Waals surface area contributed by atoms with Crippen LogP contribution in [0.25, 0.3) is 0 Å². The lowest BCUT2D eigenvalue weighted by Crippen LogP contribution is -2.27. The summed E-state index contributed by atoms with van der Waals surface area (Å²) in [5, 5.41) is 0. The quantitative estimate of drug-likeness (QED) is 0.583. The highest BCUT2D eigenvalue weighted by molar-refractivity contribution is 7.90. The Balaban J connectivity index is 1.72. The minimum absolute atomic E-state index is 0.0852. The molecule has 30 heavy (non-hydrogen) atoms. The van der Waals surface area contributed by atoms with Gasteiger partial charge >= 0.3 is 5.97 Å². The van der Waals surface area contributed by atoms with Crippen LogP contribution in [0.4, 0.5) is 0 Å². The molecule has 158 valence electrons. The van der Waals surface area contributed by atoms with Gasteiger partial charge in [0.2, 0.25) is 5.78 Å². The van der Waals surface area contributed by atoms with Crippen LogP contribution >= 0.6 is 0 Å². The third-order valence-electron chi connectivity index (χ3n) is 5.45. The summed E-state index contributed by atoms with van der Waals surface area (Å²) in [4.78, 5) is 29.2. The van der Waals surface area contributed by atoms with Gasteiger partial charge in [0.15, 0.2) is 6.61 Å². The number of fused-ring (bicyclic) bond motifs is 1. The number of nitrogens with zero attached hydrogens (tertiary/aromatic N) is 1. The van der Waals surface area contributed by atoms with Crippen molar-refractivity contribution in [3.05, 3.63) is 63.7 Å². The number of nitrogens with one attached hydrogen (secondary N) is 1. The maximum absolute atomic E-state index is 12.6. The highest BCUT2D eigenvalue weighted by Gasteiger charge is 2.31. The Morgan fingerprint density at radius 2 is 1.73 bits per heavy atom. The molecule has 0 amide bonds. The highest BCUT2D eigenvalue weighted by atomic mass is 32.2. The first-order valence-corrected chi connectivity index (χ1v) is 11.0. The lowest BCUT2D eigenvalue weighted by atomic mass is 9.93. The minimum Gasteiger partial charge on any atom is -0.456 e. The Hall–Kier alpha value is -3.00. The van der Waals surface area contributed by atoms with E-state index in [0.29, 0.717) is 11.1 Å². The number of hydrogen-bond acceptors (Lipinski definition) is 6. The van der Waals surface area contributed by atoms with E-state index >= 15 is 0 Å². The Labute approximate surface area is 176 Å². The first-order chi connectivity index (χ1) is 14.0. The topological polar surface area (TPSA) is 102 Å². The van der Waals surface area contributed by atoms with Gasteiger partial charge in [0, 0.05) is 11.1 Å². The van der Waals surface area contributed by atoms with E-state index in [1.807, 2.05) is 33.8 Å². The zero-order valence-electron chi connectivity index (χ0n) is 17.6. The molecule has 1 atom stereocenters. The summed E-state index contributed by atoms with van der Waals surface area (Å²) in [7, 11) is -3.69. The summed E-state index contributed by atoms with van der Waals surface area (Å²) in [5.74, 6) is -0.918. The molecule has 0 fully saturated rings. The molecule has 0 radical (unpaired) electrons. The number of aryl methyl sites for hydroxylation is 1. The van der Waals surface area contributed by atoms with E-state index in [9.17, 15) is 18.0 Å². The molecule has 0 spiro atoms. The average Bonchev–Trinajstić information content (AvgIpc) is 2.97. The molecule has 0 aliphatic carbocycles. The summed E-state index contributed by atoms with van der Waals surface area (Å²) >= 11 is 0. The van der Waals surface area contributed by atoms with Gasteiger partial charge in [-0.25, -0.2) is 13.2 Å². The number of aliphatic imine (C=N–C) groups is 1. The van der Waals surface area contributed by atoms with Crippen molar-refractivity contribution >= 4 is 27.6 Å². The van der Waals surface area contributed by atoms with E-state index in [0.717, 1.165) is 22.3 Å². The highest BCUT2D eigenvalue weighted by Crippen LogP contribution is 2.23. The molecule has 0 unspecified atom stereocenters. The van der Waals surface area contributed by atoms with Crippen LogP contribution in [0.3, 0.4) is 0 Å². The number of rotatable bonds is 5. The third-order valence-corrected chi connectivity index (χ3v) is 6.85. The fraction of sp³-hybridized carbons (Fsp3) is 0.318. The maximum Gasteiger partial charge on any atom is 0.331 e. The van der Waals surface area contributed by atoms with Gasteiger partial charge in [0.1, 0.15) is 11.9 Å². The monoisotopic (exact) mass is 428 g/mol. The van der Waals surface area contributed by atoms with Crippen LogP contribution in [-0.2, 0) is 19.6 Å². The van der Waals surface area contributed by atoms with Crippen LogP contribution in [0.5, 0.6) is 0 Å². The molecule has 7 nitrogen and oxygen atoms in total. The molecule has 0 saturated carbocycles. The van der Waals surface area contributed by atoms with Crippen molar-refractivity contribution in [3.8, 4) is 0 Å². The predicted molar refractivity (Wildman–Crippen MR) is 113 cm³/mol. The summed E-state index contributed by atoms with van der Waals surface area (Å²) in [5.41, 5.74) is 4.96. The number of benzene rings is 2. The van der Waals surface area contributed by atoms with Crippen molar-refractivity contribution in [2.24, 2.45) is 4.99 Å². The second-order valence-corrected chi connectivity index (χ2v) is 9.05.